The first-order valence-electron chi connectivity index (χ1n) is 6.43. The van der Waals surface area contributed by atoms with Crippen molar-refractivity contribution in [2.24, 2.45) is 0 Å². The molecule has 0 bridgehead atoms. The molecular formula is C15H15N3S2. The number of thiazole rings is 1. The van der Waals surface area contributed by atoms with Gasteiger partial charge in [0.05, 0.1) is 10.6 Å². The van der Waals surface area contributed by atoms with Crippen molar-refractivity contribution < 1.29 is 0 Å². The number of nitrogens with zero attached hydrogens (tertiary/aromatic N) is 2. The predicted molar refractivity (Wildman–Crippen MR) is 84.9 cm³/mol. The summed E-state index contributed by atoms with van der Waals surface area (Å²) < 4.78 is 0. The Morgan fingerprint density at radius 1 is 1.15 bits per heavy atom. The fourth-order valence-corrected chi connectivity index (χ4v) is 3.43. The molecule has 3 nitrogen and oxygen atoms in total. The minimum absolute atomic E-state index is 0.800. The molecule has 0 fully saturated rings. The molecule has 0 atom stereocenters. The highest BCUT2D eigenvalue weighted by Gasteiger charge is 2.05. The Kier molecular flexibility index (Phi) is 4.20. The van der Waals surface area contributed by atoms with Gasteiger partial charge in [-0.05, 0) is 30.5 Å². The van der Waals surface area contributed by atoms with Gasteiger partial charge < -0.3 is 5.32 Å². The maximum Gasteiger partial charge on any atom is 0.107 e. The molecule has 0 radical (unpaired) electrons. The maximum atomic E-state index is 4.53. The topological polar surface area (TPSA) is 37.8 Å². The third-order valence-corrected chi connectivity index (χ3v) is 4.75. The SMILES string of the molecule is Cc1cccc(-c2cnc(CNCc3cccs3)s2)n1. The van der Waals surface area contributed by atoms with Crippen LogP contribution in [0.4, 0.5) is 0 Å². The van der Waals surface area contributed by atoms with E-state index >= 15 is 0 Å². The molecule has 3 rings (SSSR count). The summed E-state index contributed by atoms with van der Waals surface area (Å²) in [5.41, 5.74) is 2.04. The van der Waals surface area contributed by atoms with Crippen LogP contribution in [-0.4, -0.2) is 9.97 Å². The highest BCUT2D eigenvalue weighted by Crippen LogP contribution is 2.24. The number of hydrogen-bond acceptors (Lipinski definition) is 5. The van der Waals surface area contributed by atoms with Crippen molar-refractivity contribution in [2.45, 2.75) is 20.0 Å². The van der Waals surface area contributed by atoms with Crippen LogP contribution in [0.2, 0.25) is 0 Å². The van der Waals surface area contributed by atoms with Crippen molar-refractivity contribution in [3.05, 3.63) is 57.5 Å². The van der Waals surface area contributed by atoms with Gasteiger partial charge in [-0.25, -0.2) is 4.98 Å². The van der Waals surface area contributed by atoms with Gasteiger partial charge in [0.15, 0.2) is 0 Å². The average Bonchev–Trinajstić information content (AvgIpc) is 3.10. The Morgan fingerprint density at radius 3 is 2.90 bits per heavy atom. The lowest BCUT2D eigenvalue weighted by molar-refractivity contribution is 0.697. The number of hydrogen-bond donors (Lipinski definition) is 1. The van der Waals surface area contributed by atoms with Crippen LogP contribution in [0.3, 0.4) is 0 Å². The lowest BCUT2D eigenvalue weighted by Gasteiger charge is -1.99. The molecule has 5 heteroatoms. The number of aromatic nitrogens is 2. The molecule has 3 heterocycles. The summed E-state index contributed by atoms with van der Waals surface area (Å²) in [6.45, 7) is 3.71. The molecule has 0 amide bonds. The lowest BCUT2D eigenvalue weighted by Crippen LogP contribution is -2.11. The highest BCUT2D eigenvalue weighted by molar-refractivity contribution is 7.15. The van der Waals surface area contributed by atoms with Gasteiger partial charge in [-0.3, -0.25) is 4.98 Å². The van der Waals surface area contributed by atoms with E-state index in [9.17, 15) is 0 Å². The number of nitrogens with one attached hydrogen (secondary N) is 1. The molecule has 1 N–H and O–H groups in total. The molecule has 0 saturated carbocycles. The Labute approximate surface area is 126 Å². The molecule has 0 saturated heterocycles. The van der Waals surface area contributed by atoms with E-state index in [1.807, 2.05) is 31.3 Å². The number of rotatable bonds is 5. The van der Waals surface area contributed by atoms with E-state index in [0.29, 0.717) is 0 Å². The van der Waals surface area contributed by atoms with Gasteiger partial charge in [0.25, 0.3) is 0 Å². The van der Waals surface area contributed by atoms with Crippen molar-refractivity contribution in [2.75, 3.05) is 0 Å². The van der Waals surface area contributed by atoms with Gasteiger partial charge in [0, 0.05) is 29.9 Å². The average molecular weight is 301 g/mol. The van der Waals surface area contributed by atoms with Crippen molar-refractivity contribution >= 4 is 22.7 Å². The van der Waals surface area contributed by atoms with E-state index in [0.717, 1.165) is 34.4 Å². The molecule has 102 valence electrons. The van der Waals surface area contributed by atoms with Gasteiger partial charge in [0.1, 0.15) is 5.01 Å². The van der Waals surface area contributed by atoms with E-state index in [4.69, 9.17) is 0 Å². The second-order valence-corrected chi connectivity index (χ2v) is 6.61. The molecule has 20 heavy (non-hydrogen) atoms. The van der Waals surface area contributed by atoms with Crippen LogP contribution < -0.4 is 5.32 Å². The highest BCUT2D eigenvalue weighted by atomic mass is 32.1. The fourth-order valence-electron chi connectivity index (χ4n) is 1.90. The summed E-state index contributed by atoms with van der Waals surface area (Å²) in [6, 6.07) is 10.3. The van der Waals surface area contributed by atoms with Crippen LogP contribution in [0, 0.1) is 6.92 Å². The first kappa shape index (κ1) is 13.4. The normalized spacial score (nSPS) is 10.8. The summed E-state index contributed by atoms with van der Waals surface area (Å²) in [6.07, 6.45) is 1.91. The smallest absolute Gasteiger partial charge is 0.107 e. The van der Waals surface area contributed by atoms with E-state index < -0.39 is 0 Å². The Hall–Kier alpha value is -1.56. The quantitative estimate of drug-likeness (QED) is 0.777. The second-order valence-electron chi connectivity index (χ2n) is 4.47. The van der Waals surface area contributed by atoms with E-state index in [2.05, 4.69) is 32.8 Å². The molecule has 0 aliphatic carbocycles. The summed E-state index contributed by atoms with van der Waals surface area (Å²) in [4.78, 5) is 11.5. The monoisotopic (exact) mass is 301 g/mol. The molecule has 0 aliphatic rings. The number of pyridine rings is 1. The zero-order valence-electron chi connectivity index (χ0n) is 11.2. The van der Waals surface area contributed by atoms with E-state index in [-0.39, 0.29) is 0 Å². The van der Waals surface area contributed by atoms with Crippen molar-refractivity contribution in [1.82, 2.24) is 15.3 Å². The summed E-state index contributed by atoms with van der Waals surface area (Å²) in [7, 11) is 0. The number of aryl methyl sites for hydroxylation is 1. The van der Waals surface area contributed by atoms with Gasteiger partial charge in [0.2, 0.25) is 0 Å². The van der Waals surface area contributed by atoms with Crippen LogP contribution in [0.25, 0.3) is 10.6 Å². The number of thiophene rings is 1. The third kappa shape index (κ3) is 3.30. The molecule has 0 aliphatic heterocycles. The maximum absolute atomic E-state index is 4.53. The molecule has 0 aromatic carbocycles. The van der Waals surface area contributed by atoms with Gasteiger partial charge in [-0.15, -0.1) is 22.7 Å². The first-order chi connectivity index (χ1) is 9.81. The van der Waals surface area contributed by atoms with Crippen molar-refractivity contribution in [1.29, 1.82) is 0 Å². The molecule has 0 spiro atoms. The van der Waals surface area contributed by atoms with Crippen LogP contribution in [0.15, 0.2) is 41.9 Å². The second kappa shape index (κ2) is 6.26. The van der Waals surface area contributed by atoms with Crippen LogP contribution >= 0.6 is 22.7 Å². The van der Waals surface area contributed by atoms with E-state index in [1.165, 1.54) is 4.88 Å². The molecule has 0 unspecified atom stereocenters. The summed E-state index contributed by atoms with van der Waals surface area (Å²) >= 11 is 3.47. The minimum Gasteiger partial charge on any atom is -0.306 e. The third-order valence-electron chi connectivity index (χ3n) is 2.85. The molecular weight excluding hydrogens is 286 g/mol. The first-order valence-corrected chi connectivity index (χ1v) is 8.13. The van der Waals surface area contributed by atoms with E-state index in [1.54, 1.807) is 22.7 Å². The van der Waals surface area contributed by atoms with Crippen LogP contribution in [-0.2, 0) is 13.1 Å². The Morgan fingerprint density at radius 2 is 2.10 bits per heavy atom. The van der Waals surface area contributed by atoms with Crippen LogP contribution in [0.1, 0.15) is 15.6 Å². The molecule has 3 aromatic heterocycles. The van der Waals surface area contributed by atoms with Crippen LogP contribution in [0.5, 0.6) is 0 Å². The summed E-state index contributed by atoms with van der Waals surface area (Å²) in [5.74, 6) is 0. The van der Waals surface area contributed by atoms with Gasteiger partial charge in [-0.1, -0.05) is 12.1 Å². The Bertz CT molecular complexity index is 674. The van der Waals surface area contributed by atoms with Crippen molar-refractivity contribution in [3.8, 4) is 10.6 Å². The largest absolute Gasteiger partial charge is 0.306 e. The predicted octanol–water partition coefficient (Wildman–Crippen LogP) is 3.86. The zero-order valence-corrected chi connectivity index (χ0v) is 12.8. The molecule has 3 aromatic rings. The van der Waals surface area contributed by atoms with Gasteiger partial charge in [-0.2, -0.15) is 0 Å². The standard InChI is InChI=1S/C15H15N3S2/c1-11-4-2-6-13(18-11)14-9-17-15(20-14)10-16-8-12-5-3-7-19-12/h2-7,9,16H,8,10H2,1H3. The van der Waals surface area contributed by atoms with Gasteiger partial charge >= 0.3 is 0 Å². The Balaban J connectivity index is 1.62. The zero-order chi connectivity index (χ0) is 13.8. The van der Waals surface area contributed by atoms with Crippen molar-refractivity contribution in [3.63, 3.8) is 0 Å². The lowest BCUT2D eigenvalue weighted by atomic mass is 10.3. The minimum atomic E-state index is 0.800. The fraction of sp³-hybridized carbons (Fsp3) is 0.200. The summed E-state index contributed by atoms with van der Waals surface area (Å²) in [5, 5.41) is 6.61.